The summed E-state index contributed by atoms with van der Waals surface area (Å²) in [6, 6.07) is 21.5. The van der Waals surface area contributed by atoms with Gasteiger partial charge in [-0.25, -0.2) is 9.67 Å². The van der Waals surface area contributed by atoms with E-state index < -0.39 is 0 Å². The summed E-state index contributed by atoms with van der Waals surface area (Å²) in [7, 11) is 0. The lowest BCUT2D eigenvalue weighted by molar-refractivity contribution is 0.0952. The number of hydrogen-bond acceptors (Lipinski definition) is 4. The Morgan fingerprint density at radius 1 is 1.00 bits per heavy atom. The molecular weight excluding hydrogens is 414 g/mol. The Morgan fingerprint density at radius 3 is 2.64 bits per heavy atom. The molecule has 0 aliphatic rings. The molecule has 1 amide bonds. The van der Waals surface area contributed by atoms with E-state index in [4.69, 9.17) is 0 Å². The smallest absolute Gasteiger partial charge is 0.264 e. The van der Waals surface area contributed by atoms with Gasteiger partial charge in [-0.2, -0.15) is 5.10 Å². The summed E-state index contributed by atoms with van der Waals surface area (Å²) in [5.74, 6) is -0.147. The highest BCUT2D eigenvalue weighted by Crippen LogP contribution is 2.15. The maximum atomic E-state index is 12.9. The van der Waals surface area contributed by atoms with Crippen molar-refractivity contribution in [3.63, 3.8) is 0 Å². The van der Waals surface area contributed by atoms with E-state index in [-0.39, 0.29) is 11.5 Å². The predicted molar refractivity (Wildman–Crippen MR) is 128 cm³/mol. The highest BCUT2D eigenvalue weighted by atomic mass is 16.1. The number of nitrogens with zero attached hydrogens (tertiary/aromatic N) is 4. The van der Waals surface area contributed by atoms with Gasteiger partial charge in [0.2, 0.25) is 0 Å². The minimum Gasteiger partial charge on any atom is -0.350 e. The molecule has 0 saturated heterocycles. The van der Waals surface area contributed by atoms with Crippen LogP contribution in [-0.2, 0) is 13.1 Å². The Labute approximate surface area is 190 Å². The van der Waals surface area contributed by atoms with Crippen LogP contribution in [0.2, 0.25) is 0 Å². The molecule has 0 aliphatic carbocycles. The van der Waals surface area contributed by atoms with Crippen LogP contribution >= 0.6 is 0 Å². The van der Waals surface area contributed by atoms with Gasteiger partial charge in [0.25, 0.3) is 11.5 Å². The molecule has 0 bridgehead atoms. The first-order chi connectivity index (χ1) is 16.1. The summed E-state index contributed by atoms with van der Waals surface area (Å²) in [6.45, 7) is 3.27. The van der Waals surface area contributed by atoms with E-state index in [0.29, 0.717) is 36.2 Å². The number of nitrogens with one attached hydrogen (secondary N) is 1. The van der Waals surface area contributed by atoms with E-state index in [1.165, 1.54) is 0 Å². The summed E-state index contributed by atoms with van der Waals surface area (Å²) >= 11 is 0. The van der Waals surface area contributed by atoms with Gasteiger partial charge in [0.1, 0.15) is 11.7 Å². The average molecular weight is 438 g/mol. The first-order valence-corrected chi connectivity index (χ1v) is 10.8. The maximum Gasteiger partial charge on any atom is 0.264 e. The van der Waals surface area contributed by atoms with Crippen LogP contribution in [0.1, 0.15) is 21.5 Å². The highest BCUT2D eigenvalue weighted by Gasteiger charge is 2.12. The number of carbonyl (C=O) groups is 1. The summed E-state index contributed by atoms with van der Waals surface area (Å²) in [5, 5.41) is 9.82. The summed E-state index contributed by atoms with van der Waals surface area (Å²) < 4.78 is 3.24. The summed E-state index contributed by atoms with van der Waals surface area (Å²) in [4.78, 5) is 30.0. The molecule has 3 aromatic carbocycles. The lowest BCUT2D eigenvalue weighted by Gasteiger charge is -2.09. The van der Waals surface area contributed by atoms with Crippen molar-refractivity contribution in [3.05, 3.63) is 106 Å². The van der Waals surface area contributed by atoms with Gasteiger partial charge in [0, 0.05) is 12.1 Å². The van der Waals surface area contributed by atoms with Crippen LogP contribution in [-0.4, -0.2) is 31.8 Å². The van der Waals surface area contributed by atoms with Crippen molar-refractivity contribution in [2.45, 2.75) is 20.0 Å². The lowest BCUT2D eigenvalue weighted by Crippen LogP contribution is -2.27. The predicted octanol–water partition coefficient (Wildman–Crippen LogP) is 3.53. The molecule has 0 unspecified atom stereocenters. The molecule has 7 heteroatoms. The van der Waals surface area contributed by atoms with Crippen LogP contribution in [0.4, 0.5) is 0 Å². The fourth-order valence-corrected chi connectivity index (χ4v) is 3.95. The zero-order valence-corrected chi connectivity index (χ0v) is 18.2. The zero-order chi connectivity index (χ0) is 22.8. The van der Waals surface area contributed by atoms with Crippen LogP contribution < -0.4 is 10.9 Å². The van der Waals surface area contributed by atoms with Crippen molar-refractivity contribution >= 4 is 27.7 Å². The second-order valence-electron chi connectivity index (χ2n) is 8.03. The SMILES string of the molecule is Cc1ccccc1Cn1cnc2c(cnn2CCNC(=O)c2ccc3ccccc3c2)c1=O. The van der Waals surface area contributed by atoms with Crippen molar-refractivity contribution in [1.29, 1.82) is 0 Å². The second-order valence-corrected chi connectivity index (χ2v) is 8.03. The Bertz CT molecular complexity index is 1530. The van der Waals surface area contributed by atoms with E-state index in [1.807, 2.05) is 73.7 Å². The lowest BCUT2D eigenvalue weighted by atomic mass is 10.1. The number of benzene rings is 3. The summed E-state index contributed by atoms with van der Waals surface area (Å²) in [6.07, 6.45) is 3.10. The molecule has 0 atom stereocenters. The molecule has 0 aliphatic heterocycles. The number of hydrogen-bond donors (Lipinski definition) is 1. The van der Waals surface area contributed by atoms with Crippen molar-refractivity contribution in [2.24, 2.45) is 0 Å². The minimum absolute atomic E-state index is 0.130. The largest absolute Gasteiger partial charge is 0.350 e. The fraction of sp³-hybridized carbons (Fsp3) is 0.154. The van der Waals surface area contributed by atoms with Gasteiger partial charge >= 0.3 is 0 Å². The molecule has 2 aromatic heterocycles. The van der Waals surface area contributed by atoms with Gasteiger partial charge in [-0.1, -0.05) is 54.6 Å². The standard InChI is InChI=1S/C26H23N5O2/c1-18-6-2-3-9-22(18)16-30-17-28-24-23(26(30)33)15-29-31(24)13-12-27-25(32)21-11-10-19-7-4-5-8-20(19)14-21/h2-11,14-15,17H,12-13,16H2,1H3,(H,27,32). The topological polar surface area (TPSA) is 81.8 Å². The molecule has 0 radical (unpaired) electrons. The van der Waals surface area contributed by atoms with Gasteiger partial charge < -0.3 is 5.32 Å². The molecule has 33 heavy (non-hydrogen) atoms. The minimum atomic E-state index is -0.147. The fourth-order valence-electron chi connectivity index (χ4n) is 3.95. The van der Waals surface area contributed by atoms with Crippen LogP contribution in [0, 0.1) is 6.92 Å². The van der Waals surface area contributed by atoms with E-state index >= 15 is 0 Å². The molecule has 5 rings (SSSR count). The van der Waals surface area contributed by atoms with Gasteiger partial charge in [0.05, 0.1) is 19.3 Å². The van der Waals surface area contributed by atoms with Gasteiger partial charge in [-0.15, -0.1) is 0 Å². The Hall–Kier alpha value is -4.26. The molecule has 2 heterocycles. The zero-order valence-electron chi connectivity index (χ0n) is 18.2. The second kappa shape index (κ2) is 8.70. The van der Waals surface area contributed by atoms with Crippen molar-refractivity contribution < 1.29 is 4.79 Å². The Kier molecular flexibility index (Phi) is 5.44. The number of aryl methyl sites for hydroxylation is 1. The quantitative estimate of drug-likeness (QED) is 0.441. The van der Waals surface area contributed by atoms with E-state index in [9.17, 15) is 9.59 Å². The van der Waals surface area contributed by atoms with Crippen LogP contribution in [0.3, 0.4) is 0 Å². The number of aromatic nitrogens is 4. The third kappa shape index (κ3) is 4.13. The van der Waals surface area contributed by atoms with Gasteiger partial charge in [-0.05, 0) is 41.0 Å². The van der Waals surface area contributed by atoms with Crippen LogP contribution in [0.5, 0.6) is 0 Å². The molecule has 0 saturated carbocycles. The Morgan fingerprint density at radius 2 is 1.79 bits per heavy atom. The molecular formula is C26H23N5O2. The molecule has 0 fully saturated rings. The first-order valence-electron chi connectivity index (χ1n) is 10.8. The highest BCUT2D eigenvalue weighted by molar-refractivity contribution is 5.98. The Balaban J connectivity index is 1.28. The third-order valence-electron chi connectivity index (χ3n) is 5.85. The molecule has 164 valence electrons. The van der Waals surface area contributed by atoms with E-state index in [2.05, 4.69) is 15.4 Å². The normalized spacial score (nSPS) is 11.2. The van der Waals surface area contributed by atoms with E-state index in [0.717, 1.165) is 21.9 Å². The average Bonchev–Trinajstić information content (AvgIpc) is 3.25. The van der Waals surface area contributed by atoms with Crippen LogP contribution in [0.15, 0.2) is 84.0 Å². The van der Waals surface area contributed by atoms with Crippen LogP contribution in [0.25, 0.3) is 21.8 Å². The molecule has 7 nitrogen and oxygen atoms in total. The van der Waals surface area contributed by atoms with Gasteiger partial charge in [-0.3, -0.25) is 14.2 Å². The summed E-state index contributed by atoms with van der Waals surface area (Å²) in [5.41, 5.74) is 3.19. The first kappa shape index (κ1) is 20.6. The van der Waals surface area contributed by atoms with E-state index in [1.54, 1.807) is 21.8 Å². The number of amides is 1. The third-order valence-corrected chi connectivity index (χ3v) is 5.85. The maximum absolute atomic E-state index is 12.9. The van der Waals surface area contributed by atoms with Crippen molar-refractivity contribution in [1.82, 2.24) is 24.6 Å². The monoisotopic (exact) mass is 437 g/mol. The number of carbonyl (C=O) groups excluding carboxylic acids is 1. The van der Waals surface area contributed by atoms with Gasteiger partial charge in [0.15, 0.2) is 5.65 Å². The van der Waals surface area contributed by atoms with Crippen molar-refractivity contribution in [2.75, 3.05) is 6.54 Å². The number of fused-ring (bicyclic) bond motifs is 2. The molecule has 1 N–H and O–H groups in total. The molecule has 0 spiro atoms. The van der Waals surface area contributed by atoms with Crippen molar-refractivity contribution in [3.8, 4) is 0 Å². The number of rotatable bonds is 6. The molecule has 5 aromatic rings.